The number of nitrogens with zero attached hydrogens (tertiary/aromatic N) is 1. The van der Waals surface area contributed by atoms with Gasteiger partial charge < -0.3 is 9.30 Å². The second kappa shape index (κ2) is 9.58. The van der Waals surface area contributed by atoms with Crippen molar-refractivity contribution in [3.05, 3.63) is 94.9 Å². The highest BCUT2D eigenvalue weighted by atomic mass is 35.5. The third-order valence-electron chi connectivity index (χ3n) is 4.92. The van der Waals surface area contributed by atoms with Gasteiger partial charge in [-0.1, -0.05) is 53.7 Å². The number of halogens is 2. The first-order valence-corrected chi connectivity index (χ1v) is 11.2. The first-order valence-electron chi connectivity index (χ1n) is 9.98. The number of rotatable bonds is 7. The molecule has 0 saturated heterocycles. The van der Waals surface area contributed by atoms with Crippen molar-refractivity contribution in [1.29, 1.82) is 0 Å². The average molecular weight is 454 g/mol. The standard InChI is InChI=1S/C25H21ClFNO2S/c1-2-30-24(29)15-23-25(31-20-6-4-3-5-7-20)21-14-19(27)12-13-22(21)28(23)16-17-8-10-18(26)11-9-17/h3-14H,2,15-16H2,1H3. The lowest BCUT2D eigenvalue weighted by molar-refractivity contribution is -0.142. The maximum Gasteiger partial charge on any atom is 0.311 e. The number of carbonyl (C=O) groups excluding carboxylic acids is 1. The van der Waals surface area contributed by atoms with Gasteiger partial charge in [0.15, 0.2) is 0 Å². The van der Waals surface area contributed by atoms with E-state index in [2.05, 4.69) is 4.57 Å². The molecule has 1 aromatic heterocycles. The van der Waals surface area contributed by atoms with Crippen molar-refractivity contribution in [2.45, 2.75) is 29.7 Å². The van der Waals surface area contributed by atoms with Gasteiger partial charge in [0.1, 0.15) is 5.82 Å². The highest BCUT2D eigenvalue weighted by molar-refractivity contribution is 7.99. The molecule has 31 heavy (non-hydrogen) atoms. The highest BCUT2D eigenvalue weighted by Crippen LogP contribution is 2.39. The molecule has 158 valence electrons. The molecule has 0 aliphatic rings. The zero-order valence-electron chi connectivity index (χ0n) is 17.0. The van der Waals surface area contributed by atoms with Crippen LogP contribution < -0.4 is 0 Å². The molecule has 0 bridgehead atoms. The fourth-order valence-electron chi connectivity index (χ4n) is 3.55. The van der Waals surface area contributed by atoms with Gasteiger partial charge in [0.05, 0.1) is 13.0 Å². The average Bonchev–Trinajstić information content (AvgIpc) is 3.02. The molecule has 6 heteroatoms. The molecule has 0 spiro atoms. The molecular weight excluding hydrogens is 433 g/mol. The Balaban J connectivity index is 1.88. The monoisotopic (exact) mass is 453 g/mol. The molecule has 3 nitrogen and oxygen atoms in total. The Kier molecular flexibility index (Phi) is 6.64. The molecule has 0 fully saturated rings. The molecule has 4 rings (SSSR count). The van der Waals surface area contributed by atoms with Gasteiger partial charge in [-0.2, -0.15) is 0 Å². The summed E-state index contributed by atoms with van der Waals surface area (Å²) >= 11 is 7.57. The summed E-state index contributed by atoms with van der Waals surface area (Å²) in [5.41, 5.74) is 2.71. The summed E-state index contributed by atoms with van der Waals surface area (Å²) in [4.78, 5) is 14.4. The van der Waals surface area contributed by atoms with Crippen molar-refractivity contribution in [2.24, 2.45) is 0 Å². The topological polar surface area (TPSA) is 31.2 Å². The fraction of sp³-hybridized carbons (Fsp3) is 0.160. The van der Waals surface area contributed by atoms with Gasteiger partial charge in [0, 0.05) is 38.0 Å². The summed E-state index contributed by atoms with van der Waals surface area (Å²) in [5, 5.41) is 1.44. The van der Waals surface area contributed by atoms with Gasteiger partial charge in [-0.25, -0.2) is 4.39 Å². The molecule has 0 radical (unpaired) electrons. The Morgan fingerprint density at radius 3 is 2.52 bits per heavy atom. The molecule has 0 N–H and O–H groups in total. The van der Waals surface area contributed by atoms with E-state index >= 15 is 0 Å². The van der Waals surface area contributed by atoms with Crippen molar-refractivity contribution in [2.75, 3.05) is 6.61 Å². The maximum absolute atomic E-state index is 14.2. The predicted molar refractivity (Wildman–Crippen MR) is 123 cm³/mol. The van der Waals surface area contributed by atoms with Crippen molar-refractivity contribution in [3.63, 3.8) is 0 Å². The van der Waals surface area contributed by atoms with Crippen LogP contribution in [0.4, 0.5) is 4.39 Å². The van der Waals surface area contributed by atoms with E-state index in [1.165, 1.54) is 23.9 Å². The first kappa shape index (κ1) is 21.5. The summed E-state index contributed by atoms with van der Waals surface area (Å²) in [5.74, 6) is -0.619. The van der Waals surface area contributed by atoms with Crippen molar-refractivity contribution >= 4 is 40.2 Å². The quantitative estimate of drug-likeness (QED) is 0.290. The Morgan fingerprint density at radius 2 is 1.81 bits per heavy atom. The largest absolute Gasteiger partial charge is 0.466 e. The van der Waals surface area contributed by atoms with Crippen LogP contribution in [0, 0.1) is 5.82 Å². The van der Waals surface area contributed by atoms with Crippen LogP contribution in [0.5, 0.6) is 0 Å². The van der Waals surface area contributed by atoms with Crippen molar-refractivity contribution < 1.29 is 13.9 Å². The second-order valence-electron chi connectivity index (χ2n) is 7.05. The van der Waals surface area contributed by atoms with Gasteiger partial charge in [0.2, 0.25) is 0 Å². The Morgan fingerprint density at radius 1 is 1.06 bits per heavy atom. The molecule has 0 saturated carbocycles. The molecule has 0 amide bonds. The van der Waals surface area contributed by atoms with Crippen LogP contribution in [0.15, 0.2) is 82.6 Å². The lowest BCUT2D eigenvalue weighted by Crippen LogP contribution is -2.13. The number of carbonyl (C=O) groups is 1. The Hall–Kier alpha value is -2.76. The maximum atomic E-state index is 14.2. The van der Waals surface area contributed by atoms with Gasteiger partial charge in [-0.05, 0) is 55.0 Å². The van der Waals surface area contributed by atoms with E-state index in [4.69, 9.17) is 16.3 Å². The number of hydrogen-bond acceptors (Lipinski definition) is 3. The number of esters is 1. The van der Waals surface area contributed by atoms with Crippen molar-refractivity contribution in [3.8, 4) is 0 Å². The number of fused-ring (bicyclic) bond motifs is 1. The minimum absolute atomic E-state index is 0.104. The van der Waals surface area contributed by atoms with Crippen LogP contribution in [-0.4, -0.2) is 17.1 Å². The summed E-state index contributed by atoms with van der Waals surface area (Å²) < 4.78 is 21.5. The van der Waals surface area contributed by atoms with Crippen LogP contribution in [0.1, 0.15) is 18.2 Å². The molecule has 4 aromatic rings. The predicted octanol–water partition coefficient (Wildman–Crippen LogP) is 6.74. The van der Waals surface area contributed by atoms with Gasteiger partial charge in [-0.3, -0.25) is 4.79 Å². The van der Waals surface area contributed by atoms with E-state index < -0.39 is 0 Å². The summed E-state index contributed by atoms with van der Waals surface area (Å²) in [6, 6.07) is 22.2. The number of aromatic nitrogens is 1. The summed E-state index contributed by atoms with van der Waals surface area (Å²) in [7, 11) is 0. The third kappa shape index (κ3) is 4.94. The molecule has 0 aliphatic carbocycles. The van der Waals surface area contributed by atoms with Crippen LogP contribution in [0.2, 0.25) is 5.02 Å². The van der Waals surface area contributed by atoms with Crippen molar-refractivity contribution in [1.82, 2.24) is 4.57 Å². The zero-order valence-corrected chi connectivity index (χ0v) is 18.5. The smallest absolute Gasteiger partial charge is 0.311 e. The van der Waals surface area contributed by atoms with E-state index in [0.29, 0.717) is 18.2 Å². The van der Waals surface area contributed by atoms with E-state index in [1.807, 2.05) is 54.6 Å². The van der Waals surface area contributed by atoms with Gasteiger partial charge in [0.25, 0.3) is 0 Å². The number of benzene rings is 3. The van der Waals surface area contributed by atoms with Crippen LogP contribution in [0.25, 0.3) is 10.9 Å². The van der Waals surface area contributed by atoms with Gasteiger partial charge >= 0.3 is 5.97 Å². The highest BCUT2D eigenvalue weighted by Gasteiger charge is 2.22. The summed E-state index contributed by atoms with van der Waals surface area (Å²) in [6.45, 7) is 2.63. The first-order chi connectivity index (χ1) is 15.0. The lowest BCUT2D eigenvalue weighted by Gasteiger charge is -2.12. The number of ether oxygens (including phenoxy) is 1. The fourth-order valence-corrected chi connectivity index (χ4v) is 4.78. The van der Waals surface area contributed by atoms with E-state index in [1.54, 1.807) is 13.0 Å². The van der Waals surface area contributed by atoms with Crippen LogP contribution in [0.3, 0.4) is 0 Å². The normalized spacial score (nSPS) is 11.1. The molecule has 0 aliphatic heterocycles. The molecule has 3 aromatic carbocycles. The number of hydrogen-bond donors (Lipinski definition) is 0. The zero-order chi connectivity index (χ0) is 21.8. The molecule has 0 unspecified atom stereocenters. The third-order valence-corrected chi connectivity index (χ3v) is 6.34. The molecular formula is C25H21ClFNO2S. The SMILES string of the molecule is CCOC(=O)Cc1c(Sc2ccccc2)c2cc(F)ccc2n1Cc1ccc(Cl)cc1. The second-order valence-corrected chi connectivity index (χ2v) is 8.57. The van der Waals surface area contributed by atoms with E-state index in [0.717, 1.165) is 32.0 Å². The van der Waals surface area contributed by atoms with Crippen LogP contribution in [-0.2, 0) is 22.5 Å². The minimum Gasteiger partial charge on any atom is -0.466 e. The molecule has 0 atom stereocenters. The van der Waals surface area contributed by atoms with Crippen LogP contribution >= 0.6 is 23.4 Å². The lowest BCUT2D eigenvalue weighted by atomic mass is 10.2. The Labute approximate surface area is 189 Å². The molecule has 1 heterocycles. The van der Waals surface area contributed by atoms with E-state index in [-0.39, 0.29) is 18.2 Å². The minimum atomic E-state index is -0.311. The Bertz CT molecular complexity index is 1210. The van der Waals surface area contributed by atoms with E-state index in [9.17, 15) is 9.18 Å². The van der Waals surface area contributed by atoms with Gasteiger partial charge in [-0.15, -0.1) is 0 Å². The summed E-state index contributed by atoms with van der Waals surface area (Å²) in [6.07, 6.45) is 0.104.